The van der Waals surface area contributed by atoms with Crippen LogP contribution in [0.2, 0.25) is 0 Å². The summed E-state index contributed by atoms with van der Waals surface area (Å²) in [5, 5.41) is 0. The van der Waals surface area contributed by atoms with E-state index in [1.807, 2.05) is 31.5 Å². The minimum Gasteiger partial charge on any atom is -0.426 e. The van der Waals surface area contributed by atoms with E-state index in [0.29, 0.717) is 24.8 Å². The van der Waals surface area contributed by atoms with Crippen LogP contribution in [0.5, 0.6) is 5.75 Å². The highest BCUT2D eigenvalue weighted by molar-refractivity contribution is 5.75. The van der Waals surface area contributed by atoms with Crippen LogP contribution in [0.1, 0.15) is 84.1 Å². The number of ether oxygens (including phenoxy) is 2. The van der Waals surface area contributed by atoms with Crippen LogP contribution in [-0.4, -0.2) is 29.2 Å². The molecule has 2 rings (SSSR count). The largest absolute Gasteiger partial charge is 0.426 e. The van der Waals surface area contributed by atoms with E-state index >= 15 is 0 Å². The molecule has 0 spiro atoms. The van der Waals surface area contributed by atoms with Crippen molar-refractivity contribution < 1.29 is 14.3 Å². The molecule has 0 aliphatic rings. The number of benzene rings is 1. The number of carbonyl (C=O) groups excluding carboxylic acids is 1. The van der Waals surface area contributed by atoms with Crippen molar-refractivity contribution in [3.63, 3.8) is 0 Å². The van der Waals surface area contributed by atoms with Crippen LogP contribution in [0, 0.1) is 5.92 Å². The molecule has 5 heteroatoms. The molecule has 0 saturated carbocycles. The summed E-state index contributed by atoms with van der Waals surface area (Å²) < 4.78 is 11.1. The topological polar surface area (TPSA) is 61.3 Å². The fourth-order valence-corrected chi connectivity index (χ4v) is 3.41. The SMILES string of the molecule is CCCCCCCOCC(C)C(=O)Oc1ccc(-c2ncc(CCCCCC)cn2)cc1. The Kier molecular flexibility index (Phi) is 12.6. The first-order chi connectivity index (χ1) is 15.6. The van der Waals surface area contributed by atoms with E-state index in [0.717, 1.165) is 18.4 Å². The molecule has 2 aromatic rings. The van der Waals surface area contributed by atoms with Crippen LogP contribution in [0.15, 0.2) is 36.7 Å². The molecule has 1 atom stereocenters. The standard InChI is InChI=1S/C27H40N2O3/c1-4-6-8-10-12-18-31-21-22(3)27(30)32-25-16-14-24(15-17-25)26-28-19-23(20-29-26)13-11-9-7-5-2/h14-17,19-20,22H,4-13,18,21H2,1-3H3. The molecule has 0 aliphatic carbocycles. The highest BCUT2D eigenvalue weighted by Crippen LogP contribution is 2.20. The zero-order valence-corrected chi connectivity index (χ0v) is 20.1. The lowest BCUT2D eigenvalue weighted by molar-refractivity contribution is -0.140. The lowest BCUT2D eigenvalue weighted by atomic mass is 10.1. The predicted molar refractivity (Wildman–Crippen MR) is 130 cm³/mol. The number of hydrogen-bond acceptors (Lipinski definition) is 5. The summed E-state index contributed by atoms with van der Waals surface area (Å²) in [7, 11) is 0. The van der Waals surface area contributed by atoms with Crippen LogP contribution in [0.25, 0.3) is 11.4 Å². The summed E-state index contributed by atoms with van der Waals surface area (Å²) >= 11 is 0. The molecule has 0 N–H and O–H groups in total. The van der Waals surface area contributed by atoms with Gasteiger partial charge in [0.15, 0.2) is 5.82 Å². The van der Waals surface area contributed by atoms with Gasteiger partial charge in [-0.25, -0.2) is 9.97 Å². The third kappa shape index (κ3) is 9.90. The van der Waals surface area contributed by atoms with Gasteiger partial charge in [0.25, 0.3) is 0 Å². The first kappa shape index (κ1) is 26.0. The maximum Gasteiger partial charge on any atom is 0.316 e. The Morgan fingerprint density at radius 3 is 2.16 bits per heavy atom. The Balaban J connectivity index is 1.74. The molecule has 5 nitrogen and oxygen atoms in total. The van der Waals surface area contributed by atoms with Crippen molar-refractivity contribution in [2.24, 2.45) is 5.92 Å². The van der Waals surface area contributed by atoms with Gasteiger partial charge in [-0.15, -0.1) is 0 Å². The molecule has 0 fully saturated rings. The monoisotopic (exact) mass is 440 g/mol. The van der Waals surface area contributed by atoms with Crippen molar-refractivity contribution in [2.45, 2.75) is 85.0 Å². The van der Waals surface area contributed by atoms with Gasteiger partial charge in [0.2, 0.25) is 0 Å². The zero-order chi connectivity index (χ0) is 23.0. The van der Waals surface area contributed by atoms with Crippen LogP contribution in [0.3, 0.4) is 0 Å². The number of unbranched alkanes of at least 4 members (excludes halogenated alkanes) is 7. The van der Waals surface area contributed by atoms with E-state index < -0.39 is 0 Å². The highest BCUT2D eigenvalue weighted by atomic mass is 16.5. The molecule has 32 heavy (non-hydrogen) atoms. The van der Waals surface area contributed by atoms with Crippen molar-refractivity contribution in [1.82, 2.24) is 9.97 Å². The molecule has 0 aliphatic heterocycles. The maximum absolute atomic E-state index is 12.3. The Bertz CT molecular complexity index is 759. The van der Waals surface area contributed by atoms with E-state index in [-0.39, 0.29) is 11.9 Å². The Hall–Kier alpha value is -2.27. The van der Waals surface area contributed by atoms with Gasteiger partial charge in [0, 0.05) is 24.6 Å². The van der Waals surface area contributed by atoms with E-state index in [1.54, 1.807) is 12.1 Å². The van der Waals surface area contributed by atoms with Gasteiger partial charge in [-0.3, -0.25) is 4.79 Å². The van der Waals surface area contributed by atoms with Gasteiger partial charge in [-0.2, -0.15) is 0 Å². The van der Waals surface area contributed by atoms with E-state index in [2.05, 4.69) is 23.8 Å². The summed E-state index contributed by atoms with van der Waals surface area (Å²) in [4.78, 5) is 21.3. The second-order valence-electron chi connectivity index (χ2n) is 8.56. The first-order valence-corrected chi connectivity index (χ1v) is 12.3. The molecule has 0 bridgehead atoms. The maximum atomic E-state index is 12.3. The zero-order valence-electron chi connectivity index (χ0n) is 20.1. The number of carbonyl (C=O) groups is 1. The molecular weight excluding hydrogens is 400 g/mol. The number of hydrogen-bond donors (Lipinski definition) is 0. The molecule has 1 heterocycles. The van der Waals surface area contributed by atoms with Gasteiger partial charge < -0.3 is 9.47 Å². The Labute approximate surface area is 194 Å². The second-order valence-corrected chi connectivity index (χ2v) is 8.56. The highest BCUT2D eigenvalue weighted by Gasteiger charge is 2.16. The van der Waals surface area contributed by atoms with Crippen molar-refractivity contribution in [3.8, 4) is 17.1 Å². The first-order valence-electron chi connectivity index (χ1n) is 12.3. The third-order valence-electron chi connectivity index (χ3n) is 5.52. The summed E-state index contributed by atoms with van der Waals surface area (Å²) in [6.45, 7) is 7.36. The Morgan fingerprint density at radius 2 is 1.50 bits per heavy atom. The van der Waals surface area contributed by atoms with Crippen LogP contribution in [-0.2, 0) is 16.0 Å². The molecule has 1 unspecified atom stereocenters. The number of aromatic nitrogens is 2. The van der Waals surface area contributed by atoms with Crippen LogP contribution >= 0.6 is 0 Å². The van der Waals surface area contributed by atoms with E-state index in [1.165, 1.54) is 56.9 Å². The van der Waals surface area contributed by atoms with Gasteiger partial charge in [-0.05, 0) is 56.0 Å². The normalized spacial score (nSPS) is 12.0. The number of aryl methyl sites for hydroxylation is 1. The molecule has 176 valence electrons. The predicted octanol–water partition coefficient (Wildman–Crippen LogP) is 6.79. The lowest BCUT2D eigenvalue weighted by Gasteiger charge is -2.12. The number of rotatable bonds is 16. The third-order valence-corrected chi connectivity index (χ3v) is 5.52. The molecule has 0 amide bonds. The molecule has 0 radical (unpaired) electrons. The van der Waals surface area contributed by atoms with Crippen LogP contribution < -0.4 is 4.74 Å². The molecular formula is C27H40N2O3. The summed E-state index contributed by atoms with van der Waals surface area (Å²) in [6, 6.07) is 7.35. The quantitative estimate of drug-likeness (QED) is 0.163. The fourth-order valence-electron chi connectivity index (χ4n) is 3.41. The van der Waals surface area contributed by atoms with Crippen molar-refractivity contribution >= 4 is 5.97 Å². The smallest absolute Gasteiger partial charge is 0.316 e. The van der Waals surface area contributed by atoms with Crippen molar-refractivity contribution in [3.05, 3.63) is 42.2 Å². The van der Waals surface area contributed by atoms with E-state index in [9.17, 15) is 4.79 Å². The van der Waals surface area contributed by atoms with E-state index in [4.69, 9.17) is 9.47 Å². The van der Waals surface area contributed by atoms with Crippen molar-refractivity contribution in [2.75, 3.05) is 13.2 Å². The summed E-state index contributed by atoms with van der Waals surface area (Å²) in [6.07, 6.45) is 15.8. The summed E-state index contributed by atoms with van der Waals surface area (Å²) in [5.74, 6) is 0.643. The average Bonchev–Trinajstić information content (AvgIpc) is 2.82. The van der Waals surface area contributed by atoms with Gasteiger partial charge >= 0.3 is 5.97 Å². The van der Waals surface area contributed by atoms with Gasteiger partial charge in [0.1, 0.15) is 5.75 Å². The van der Waals surface area contributed by atoms with Gasteiger partial charge in [-0.1, -0.05) is 58.8 Å². The lowest BCUT2D eigenvalue weighted by Crippen LogP contribution is -2.22. The fraction of sp³-hybridized carbons (Fsp3) is 0.593. The van der Waals surface area contributed by atoms with Crippen molar-refractivity contribution in [1.29, 1.82) is 0 Å². The molecule has 1 aromatic carbocycles. The average molecular weight is 441 g/mol. The summed E-state index contributed by atoms with van der Waals surface area (Å²) in [5.41, 5.74) is 2.08. The minimum absolute atomic E-state index is 0.271. The second kappa shape index (κ2) is 15.5. The number of esters is 1. The number of nitrogens with zero attached hydrogens (tertiary/aromatic N) is 2. The molecule has 1 aromatic heterocycles. The van der Waals surface area contributed by atoms with Gasteiger partial charge in [0.05, 0.1) is 12.5 Å². The minimum atomic E-state index is -0.293. The van der Waals surface area contributed by atoms with Crippen LogP contribution in [0.4, 0.5) is 0 Å². The molecule has 0 saturated heterocycles. The Morgan fingerprint density at radius 1 is 0.875 bits per heavy atom.